The van der Waals surface area contributed by atoms with Gasteiger partial charge in [-0.05, 0) is 80.6 Å². The van der Waals surface area contributed by atoms with Crippen LogP contribution in [0.1, 0.15) is 22.3 Å². The van der Waals surface area contributed by atoms with Gasteiger partial charge >= 0.3 is 0 Å². The van der Waals surface area contributed by atoms with Crippen molar-refractivity contribution in [1.82, 2.24) is 15.0 Å². The highest BCUT2D eigenvalue weighted by molar-refractivity contribution is 6.06. The average molecular weight is 780 g/mol. The second-order valence-electron chi connectivity index (χ2n) is 15.8. The van der Waals surface area contributed by atoms with Crippen molar-refractivity contribution in [1.29, 1.82) is 0 Å². The van der Waals surface area contributed by atoms with Crippen LogP contribution in [-0.4, -0.2) is 15.0 Å². The summed E-state index contributed by atoms with van der Waals surface area (Å²) in [6.07, 6.45) is 0. The molecule has 1 aliphatic carbocycles. The van der Waals surface area contributed by atoms with Gasteiger partial charge in [0.05, 0.1) is 5.41 Å². The molecule has 61 heavy (non-hydrogen) atoms. The summed E-state index contributed by atoms with van der Waals surface area (Å²) in [4.78, 5) is 15.8. The molecule has 2 aromatic heterocycles. The fourth-order valence-electron chi connectivity index (χ4n) is 9.99. The molecule has 3 heterocycles. The van der Waals surface area contributed by atoms with Crippen molar-refractivity contribution in [2.24, 2.45) is 0 Å². The van der Waals surface area contributed by atoms with Crippen LogP contribution in [0.15, 0.2) is 205 Å². The third-order valence-electron chi connectivity index (χ3n) is 12.6. The van der Waals surface area contributed by atoms with Gasteiger partial charge in [-0.15, -0.1) is 0 Å². The lowest BCUT2D eigenvalue weighted by molar-refractivity contribution is 0.436. The fraction of sp³-hybridized carbons (Fsp3) is 0.0179. The van der Waals surface area contributed by atoms with Crippen LogP contribution in [0.4, 0.5) is 0 Å². The minimum Gasteiger partial charge on any atom is -0.457 e. The van der Waals surface area contributed by atoms with Crippen molar-refractivity contribution in [3.05, 3.63) is 222 Å². The number of benzene rings is 9. The Bertz CT molecular complexity index is 3540. The standard InChI is InChI=1S/C56H33N3O2/c1-2-15-35(16-3-1)53-57-54(37-28-30-41-40-19-6-9-25-48(40)60-51(41)33-37)59-55(58-53)42-21-13-24-47-52(42)43-32-36(39-20-12-17-34-14-4-5-18-38(34)39)29-31-44(43)56(47)45-22-7-10-26-49(45)61-50-27-11-8-23-46(50)56/h1-33H. The Morgan fingerprint density at radius 1 is 0.344 bits per heavy atom. The van der Waals surface area contributed by atoms with Gasteiger partial charge in [-0.3, -0.25) is 0 Å². The van der Waals surface area contributed by atoms with Gasteiger partial charge in [-0.25, -0.2) is 15.0 Å². The second-order valence-corrected chi connectivity index (χ2v) is 15.8. The number of nitrogens with zero attached hydrogens (tertiary/aromatic N) is 3. The van der Waals surface area contributed by atoms with E-state index in [0.29, 0.717) is 17.5 Å². The molecule has 0 fully saturated rings. The van der Waals surface area contributed by atoms with E-state index in [0.717, 1.165) is 83.5 Å². The van der Waals surface area contributed by atoms with E-state index in [1.807, 2.05) is 36.4 Å². The number of hydrogen-bond acceptors (Lipinski definition) is 5. The van der Waals surface area contributed by atoms with Crippen molar-refractivity contribution in [2.75, 3.05) is 0 Å². The first kappa shape index (κ1) is 33.8. The zero-order chi connectivity index (χ0) is 40.1. The lowest BCUT2D eigenvalue weighted by Crippen LogP contribution is -2.32. The molecule has 0 atom stereocenters. The van der Waals surface area contributed by atoms with Gasteiger partial charge in [-0.1, -0.05) is 164 Å². The SMILES string of the molecule is c1ccc(-c2nc(-c3ccc4c(c3)oc3ccccc34)nc(-c3cccc4c3-c3cc(-c5cccc6ccccc56)ccc3C43c4ccccc4Oc4ccccc43)n2)cc1. The molecule has 1 spiro atoms. The molecule has 5 heteroatoms. The minimum atomic E-state index is -0.673. The van der Waals surface area contributed by atoms with Crippen LogP contribution in [0.5, 0.6) is 11.5 Å². The molecule has 9 aromatic carbocycles. The maximum absolute atomic E-state index is 6.69. The maximum Gasteiger partial charge on any atom is 0.164 e. The molecule has 0 amide bonds. The largest absolute Gasteiger partial charge is 0.457 e. The molecule has 284 valence electrons. The zero-order valence-electron chi connectivity index (χ0n) is 32.7. The molecule has 1 aliphatic heterocycles. The predicted octanol–water partition coefficient (Wildman–Crippen LogP) is 14.1. The first-order chi connectivity index (χ1) is 30.2. The third kappa shape index (κ3) is 4.92. The third-order valence-corrected chi connectivity index (χ3v) is 12.6. The van der Waals surface area contributed by atoms with Gasteiger partial charge in [0.25, 0.3) is 0 Å². The lowest BCUT2D eigenvalue weighted by atomic mass is 9.66. The Kier molecular flexibility index (Phi) is 7.16. The summed E-state index contributed by atoms with van der Waals surface area (Å²) >= 11 is 0. The van der Waals surface area contributed by atoms with Crippen molar-refractivity contribution in [3.63, 3.8) is 0 Å². The van der Waals surface area contributed by atoms with E-state index in [1.54, 1.807) is 0 Å². The van der Waals surface area contributed by atoms with E-state index in [-0.39, 0.29) is 0 Å². The molecule has 0 radical (unpaired) electrons. The van der Waals surface area contributed by atoms with Gasteiger partial charge in [0.2, 0.25) is 0 Å². The van der Waals surface area contributed by atoms with Crippen LogP contribution < -0.4 is 4.74 Å². The normalized spacial score (nSPS) is 13.2. The van der Waals surface area contributed by atoms with Crippen LogP contribution in [0, 0.1) is 0 Å². The van der Waals surface area contributed by atoms with E-state index < -0.39 is 5.41 Å². The quantitative estimate of drug-likeness (QED) is 0.178. The molecule has 11 aromatic rings. The summed E-state index contributed by atoms with van der Waals surface area (Å²) in [5.41, 5.74) is 12.8. The van der Waals surface area contributed by atoms with Crippen LogP contribution in [0.2, 0.25) is 0 Å². The summed E-state index contributed by atoms with van der Waals surface area (Å²) in [5.74, 6) is 3.46. The van der Waals surface area contributed by atoms with Gasteiger partial charge in [-0.2, -0.15) is 0 Å². The van der Waals surface area contributed by atoms with E-state index in [2.05, 4.69) is 164 Å². The predicted molar refractivity (Wildman–Crippen MR) is 244 cm³/mol. The van der Waals surface area contributed by atoms with Gasteiger partial charge in [0.1, 0.15) is 22.7 Å². The molecular weight excluding hydrogens is 747 g/mol. The maximum atomic E-state index is 6.69. The minimum absolute atomic E-state index is 0.572. The lowest BCUT2D eigenvalue weighted by Gasteiger charge is -2.39. The van der Waals surface area contributed by atoms with Gasteiger partial charge in [0, 0.05) is 38.6 Å². The summed E-state index contributed by atoms with van der Waals surface area (Å²) in [6, 6.07) is 70.3. The van der Waals surface area contributed by atoms with Crippen LogP contribution in [-0.2, 0) is 5.41 Å². The van der Waals surface area contributed by atoms with Crippen molar-refractivity contribution in [3.8, 4) is 67.9 Å². The van der Waals surface area contributed by atoms with Crippen molar-refractivity contribution in [2.45, 2.75) is 5.41 Å². The summed E-state index contributed by atoms with van der Waals surface area (Å²) in [6.45, 7) is 0. The molecule has 0 bridgehead atoms. The Balaban J connectivity index is 1.11. The topological polar surface area (TPSA) is 61.0 Å². The Hall–Kier alpha value is -8.15. The molecule has 0 saturated heterocycles. The van der Waals surface area contributed by atoms with E-state index in [1.165, 1.54) is 21.9 Å². The molecule has 5 nitrogen and oxygen atoms in total. The van der Waals surface area contributed by atoms with Crippen LogP contribution >= 0.6 is 0 Å². The number of fused-ring (bicyclic) bond motifs is 13. The smallest absolute Gasteiger partial charge is 0.164 e. The summed E-state index contributed by atoms with van der Waals surface area (Å²) < 4.78 is 13.0. The first-order valence-electron chi connectivity index (χ1n) is 20.6. The zero-order valence-corrected chi connectivity index (χ0v) is 32.7. The number of hydrogen-bond donors (Lipinski definition) is 0. The highest BCUT2D eigenvalue weighted by atomic mass is 16.5. The van der Waals surface area contributed by atoms with E-state index in [4.69, 9.17) is 24.1 Å². The number of para-hydroxylation sites is 3. The average Bonchev–Trinajstić information content (AvgIpc) is 3.85. The monoisotopic (exact) mass is 779 g/mol. The van der Waals surface area contributed by atoms with Gasteiger partial charge in [0.15, 0.2) is 17.5 Å². The van der Waals surface area contributed by atoms with Crippen molar-refractivity contribution < 1.29 is 9.15 Å². The van der Waals surface area contributed by atoms with Gasteiger partial charge < -0.3 is 9.15 Å². The highest BCUT2D eigenvalue weighted by Crippen LogP contribution is 2.63. The summed E-state index contributed by atoms with van der Waals surface area (Å²) in [5, 5.41) is 4.55. The number of furan rings is 1. The molecule has 0 saturated carbocycles. The molecular formula is C56H33N3O2. The van der Waals surface area contributed by atoms with E-state index in [9.17, 15) is 0 Å². The van der Waals surface area contributed by atoms with Crippen LogP contribution in [0.25, 0.3) is 89.1 Å². The Morgan fingerprint density at radius 2 is 0.951 bits per heavy atom. The van der Waals surface area contributed by atoms with Crippen molar-refractivity contribution >= 4 is 32.7 Å². The molecule has 0 N–H and O–H groups in total. The second kappa shape index (κ2) is 12.9. The number of rotatable bonds is 4. The Labute approximate surface area is 351 Å². The summed E-state index contributed by atoms with van der Waals surface area (Å²) in [7, 11) is 0. The Morgan fingerprint density at radius 3 is 1.79 bits per heavy atom. The number of aromatic nitrogens is 3. The molecule has 13 rings (SSSR count). The molecule has 0 unspecified atom stereocenters. The van der Waals surface area contributed by atoms with E-state index >= 15 is 0 Å². The van der Waals surface area contributed by atoms with Crippen LogP contribution in [0.3, 0.4) is 0 Å². The number of ether oxygens (including phenoxy) is 1. The molecule has 2 aliphatic rings. The highest BCUT2D eigenvalue weighted by Gasteiger charge is 2.52. The first-order valence-corrected chi connectivity index (χ1v) is 20.6. The fourth-order valence-corrected chi connectivity index (χ4v) is 9.99.